The van der Waals surface area contributed by atoms with E-state index in [0.717, 1.165) is 100 Å². The molecule has 0 saturated carbocycles. The maximum atomic E-state index is 14.3. The number of hydrogen-bond acceptors (Lipinski definition) is 1. The highest BCUT2D eigenvalue weighted by molar-refractivity contribution is 6.13. The van der Waals surface area contributed by atoms with Gasteiger partial charge >= 0.3 is 6.18 Å². The van der Waals surface area contributed by atoms with Crippen molar-refractivity contribution in [1.29, 1.82) is 5.26 Å². The zero-order valence-corrected chi connectivity index (χ0v) is 34.4. The van der Waals surface area contributed by atoms with Gasteiger partial charge in [-0.1, -0.05) is 120 Å². The zero-order chi connectivity index (χ0) is 43.0. The maximum absolute atomic E-state index is 14.3. The summed E-state index contributed by atoms with van der Waals surface area (Å²) in [4.78, 5) is 3.77. The zero-order valence-electron chi connectivity index (χ0n) is 34.4. The molecule has 7 heteroatoms. The van der Waals surface area contributed by atoms with Crippen molar-refractivity contribution in [2.45, 2.75) is 33.9 Å². The van der Waals surface area contributed by atoms with Gasteiger partial charge in [-0.15, -0.1) is 0 Å². The number of fused-ring (bicyclic) bond motifs is 6. The molecular formula is C55H37F3N4. The molecule has 0 fully saturated rings. The van der Waals surface area contributed by atoms with E-state index < -0.39 is 11.7 Å². The summed E-state index contributed by atoms with van der Waals surface area (Å²) in [5.74, 6) is 0. The van der Waals surface area contributed by atoms with Crippen LogP contribution in [0, 0.1) is 45.6 Å². The van der Waals surface area contributed by atoms with E-state index in [1.54, 1.807) is 12.1 Å². The molecule has 2 aromatic heterocycles. The Morgan fingerprint density at radius 1 is 0.516 bits per heavy atom. The molecule has 0 saturated heterocycles. The Kier molecular flexibility index (Phi) is 8.91. The van der Waals surface area contributed by atoms with Crippen LogP contribution in [-0.2, 0) is 6.18 Å². The van der Waals surface area contributed by atoms with Crippen LogP contribution in [0.1, 0.15) is 33.4 Å². The fourth-order valence-electron chi connectivity index (χ4n) is 9.39. The Labute approximate surface area is 356 Å². The van der Waals surface area contributed by atoms with E-state index in [4.69, 9.17) is 6.57 Å². The lowest BCUT2D eigenvalue weighted by molar-refractivity contribution is -0.137. The van der Waals surface area contributed by atoms with Gasteiger partial charge in [-0.05, 0) is 109 Å². The Morgan fingerprint density at radius 2 is 0.984 bits per heavy atom. The number of hydrogen-bond donors (Lipinski definition) is 0. The molecule has 10 rings (SSSR count). The summed E-state index contributed by atoms with van der Waals surface area (Å²) < 4.78 is 47.3. The first-order chi connectivity index (χ1) is 29.9. The predicted molar refractivity (Wildman–Crippen MR) is 246 cm³/mol. The third-order valence-corrected chi connectivity index (χ3v) is 12.2. The van der Waals surface area contributed by atoms with Gasteiger partial charge in [0.05, 0.1) is 51.6 Å². The van der Waals surface area contributed by atoms with E-state index >= 15 is 0 Å². The molecule has 0 aliphatic rings. The molecule has 2 heterocycles. The molecule has 8 aromatic carbocycles. The monoisotopic (exact) mass is 810 g/mol. The molecule has 0 N–H and O–H groups in total. The van der Waals surface area contributed by atoms with Gasteiger partial charge < -0.3 is 9.13 Å². The smallest absolute Gasteiger partial charge is 0.309 e. The number of benzene rings is 8. The van der Waals surface area contributed by atoms with Crippen LogP contribution in [0.3, 0.4) is 0 Å². The minimum atomic E-state index is -4.66. The summed E-state index contributed by atoms with van der Waals surface area (Å²) >= 11 is 0. The third kappa shape index (κ3) is 6.13. The first-order valence-electron chi connectivity index (χ1n) is 20.3. The second kappa shape index (κ2) is 14.4. The van der Waals surface area contributed by atoms with Crippen LogP contribution in [0.5, 0.6) is 0 Å². The first kappa shape index (κ1) is 38.3. The van der Waals surface area contributed by atoms with Gasteiger partial charge in [0.15, 0.2) is 5.69 Å². The minimum Gasteiger partial charge on any atom is -0.309 e. The van der Waals surface area contributed by atoms with Crippen molar-refractivity contribution in [2.24, 2.45) is 0 Å². The van der Waals surface area contributed by atoms with Crippen molar-refractivity contribution in [3.8, 4) is 50.8 Å². The van der Waals surface area contributed by atoms with Crippen LogP contribution < -0.4 is 0 Å². The van der Waals surface area contributed by atoms with Gasteiger partial charge in [-0.3, -0.25) is 0 Å². The van der Waals surface area contributed by atoms with E-state index in [0.29, 0.717) is 28.1 Å². The Balaban J connectivity index is 1.38. The average molecular weight is 811 g/mol. The van der Waals surface area contributed by atoms with Crippen LogP contribution in [0.4, 0.5) is 18.9 Å². The normalized spacial score (nSPS) is 11.8. The number of rotatable bonds is 5. The lowest BCUT2D eigenvalue weighted by Crippen LogP contribution is -2.07. The maximum Gasteiger partial charge on any atom is 0.415 e. The van der Waals surface area contributed by atoms with Crippen molar-refractivity contribution in [2.75, 3.05) is 0 Å². The molecule has 0 spiro atoms. The molecule has 0 atom stereocenters. The number of alkyl halides is 3. The Morgan fingerprint density at radius 3 is 1.44 bits per heavy atom. The Bertz CT molecular complexity index is 3400. The average Bonchev–Trinajstić information content (AvgIpc) is 3.77. The van der Waals surface area contributed by atoms with Crippen LogP contribution in [0.25, 0.3) is 93.2 Å². The van der Waals surface area contributed by atoms with Gasteiger partial charge in [-0.2, -0.15) is 18.4 Å². The number of aryl methyl sites for hydroxylation is 4. The summed E-state index contributed by atoms with van der Waals surface area (Å²) in [6, 6.07) is 51.0. The van der Waals surface area contributed by atoms with E-state index in [1.807, 2.05) is 36.4 Å². The quantitative estimate of drug-likeness (QED) is 0.160. The number of halogens is 3. The SMILES string of the molecule is [C-]#[N+]c1cc(C(F)(F)F)ccc1-c1c(-n2c3ccccc3c3ccc(-c4ccc(C)cc4C)cc32)cc(C#N)cc1-n1c2ccccc2c2ccc(-c3ccc(C)cc3C)cc21. The molecule has 0 unspecified atom stereocenters. The Hall–Kier alpha value is -7.87. The van der Waals surface area contributed by atoms with Crippen molar-refractivity contribution >= 4 is 49.3 Å². The van der Waals surface area contributed by atoms with Gasteiger partial charge in [-0.25, -0.2) is 4.85 Å². The topological polar surface area (TPSA) is 38.0 Å². The molecule has 10 aromatic rings. The molecule has 0 aliphatic heterocycles. The van der Waals surface area contributed by atoms with Crippen LogP contribution in [0.15, 0.2) is 152 Å². The first-order valence-corrected chi connectivity index (χ1v) is 20.3. The predicted octanol–water partition coefficient (Wildman–Crippen LogP) is 15.6. The summed E-state index contributed by atoms with van der Waals surface area (Å²) in [5, 5.41) is 14.8. The standard InChI is InChI=1S/C55H37F3N4/c1-32-14-19-40(34(3)24-32)37-16-21-44-42-10-6-8-12-48(42)61(50(44)28-37)52-26-36(31-59)27-53(54(52)46-23-18-39(55(56,57)58)30-47(46)60-5)62-49-13-9-7-11-43(49)45-22-17-38(29-51(45)62)41-20-15-33(2)25-35(41)4/h6-30H,1-4H3. The van der Waals surface area contributed by atoms with Crippen molar-refractivity contribution in [3.63, 3.8) is 0 Å². The second-order valence-corrected chi connectivity index (χ2v) is 16.1. The largest absolute Gasteiger partial charge is 0.415 e. The van der Waals surface area contributed by atoms with E-state index in [1.165, 1.54) is 6.07 Å². The molecule has 0 amide bonds. The molecular weight excluding hydrogens is 774 g/mol. The van der Waals surface area contributed by atoms with Crippen LogP contribution in [-0.4, -0.2) is 9.13 Å². The van der Waals surface area contributed by atoms with Gasteiger partial charge in [0, 0.05) is 32.7 Å². The molecule has 0 bridgehead atoms. The highest BCUT2D eigenvalue weighted by Gasteiger charge is 2.32. The van der Waals surface area contributed by atoms with Crippen molar-refractivity contribution in [1.82, 2.24) is 9.13 Å². The molecule has 0 aliphatic carbocycles. The summed E-state index contributed by atoms with van der Waals surface area (Å²) in [6.07, 6.45) is -4.66. The minimum absolute atomic E-state index is 0.152. The van der Waals surface area contributed by atoms with E-state index in [9.17, 15) is 18.4 Å². The third-order valence-electron chi connectivity index (χ3n) is 12.2. The van der Waals surface area contributed by atoms with E-state index in [2.05, 4.69) is 133 Å². The lowest BCUT2D eigenvalue weighted by atomic mass is 9.95. The molecule has 0 radical (unpaired) electrons. The summed E-state index contributed by atoms with van der Waals surface area (Å²) in [5.41, 5.74) is 13.3. The summed E-state index contributed by atoms with van der Waals surface area (Å²) in [7, 11) is 0. The van der Waals surface area contributed by atoms with Gasteiger partial charge in [0.25, 0.3) is 0 Å². The molecule has 4 nitrogen and oxygen atoms in total. The van der Waals surface area contributed by atoms with Gasteiger partial charge in [0.2, 0.25) is 0 Å². The second-order valence-electron chi connectivity index (χ2n) is 16.1. The number of aromatic nitrogens is 2. The molecule has 62 heavy (non-hydrogen) atoms. The number of para-hydroxylation sites is 2. The molecule has 298 valence electrons. The van der Waals surface area contributed by atoms with Crippen molar-refractivity contribution in [3.05, 3.63) is 196 Å². The van der Waals surface area contributed by atoms with E-state index in [-0.39, 0.29) is 5.69 Å². The highest BCUT2D eigenvalue weighted by atomic mass is 19.4. The lowest BCUT2D eigenvalue weighted by Gasteiger charge is -2.22. The summed E-state index contributed by atoms with van der Waals surface area (Å²) in [6.45, 7) is 16.7. The van der Waals surface area contributed by atoms with Crippen LogP contribution in [0.2, 0.25) is 0 Å². The van der Waals surface area contributed by atoms with Crippen LogP contribution >= 0.6 is 0 Å². The van der Waals surface area contributed by atoms with Crippen molar-refractivity contribution < 1.29 is 13.2 Å². The fraction of sp³-hybridized carbons (Fsp3) is 0.0909. The van der Waals surface area contributed by atoms with Gasteiger partial charge in [0.1, 0.15) is 0 Å². The fourth-order valence-corrected chi connectivity index (χ4v) is 9.39. The number of nitrogens with zero attached hydrogens (tertiary/aromatic N) is 4. The highest BCUT2D eigenvalue weighted by Crippen LogP contribution is 2.47. The number of nitriles is 1.